The van der Waals surface area contributed by atoms with Gasteiger partial charge in [-0.1, -0.05) is 93.7 Å². The standard InChI is InChI=1S/C26H38/c1-5-13-21(14-6-1)25(22-15-7-2-8-16-22)26(23-17-9-3-10-18-23)24-19-11-4-12-20-24/h1,5-6,13-14,22-24H,2-4,7-12,15-20H2. The van der Waals surface area contributed by atoms with Gasteiger partial charge in [0.15, 0.2) is 0 Å². The van der Waals surface area contributed by atoms with E-state index in [2.05, 4.69) is 30.3 Å². The Morgan fingerprint density at radius 2 is 0.923 bits per heavy atom. The number of allylic oxidation sites excluding steroid dienone is 2. The first kappa shape index (κ1) is 18.3. The van der Waals surface area contributed by atoms with E-state index in [-0.39, 0.29) is 0 Å². The maximum absolute atomic E-state index is 2.43. The minimum Gasteiger partial charge on any atom is -0.0622 e. The van der Waals surface area contributed by atoms with Gasteiger partial charge in [0.25, 0.3) is 0 Å². The summed E-state index contributed by atoms with van der Waals surface area (Å²) in [7, 11) is 0. The summed E-state index contributed by atoms with van der Waals surface area (Å²) < 4.78 is 0. The largest absolute Gasteiger partial charge is 0.0622 e. The second-order valence-electron chi connectivity index (χ2n) is 9.24. The van der Waals surface area contributed by atoms with Gasteiger partial charge in [-0.2, -0.15) is 0 Å². The van der Waals surface area contributed by atoms with Crippen LogP contribution in [-0.2, 0) is 0 Å². The van der Waals surface area contributed by atoms with Gasteiger partial charge in [0, 0.05) is 0 Å². The number of hydrogen-bond acceptors (Lipinski definition) is 0. The lowest BCUT2D eigenvalue weighted by molar-refractivity contribution is 0.322. The van der Waals surface area contributed by atoms with E-state index in [1.54, 1.807) is 5.56 Å². The van der Waals surface area contributed by atoms with Gasteiger partial charge in [-0.05, 0) is 67.4 Å². The molecule has 0 heterocycles. The Labute approximate surface area is 161 Å². The molecule has 0 amide bonds. The molecule has 142 valence electrons. The summed E-state index contributed by atoms with van der Waals surface area (Å²) in [4.78, 5) is 0. The van der Waals surface area contributed by atoms with E-state index in [9.17, 15) is 0 Å². The van der Waals surface area contributed by atoms with E-state index in [1.165, 1.54) is 96.3 Å². The predicted molar refractivity (Wildman–Crippen MR) is 113 cm³/mol. The molecular weight excluding hydrogens is 312 g/mol. The van der Waals surface area contributed by atoms with Gasteiger partial charge in [0.2, 0.25) is 0 Å². The van der Waals surface area contributed by atoms with Crippen molar-refractivity contribution >= 4 is 5.57 Å². The molecule has 3 aliphatic rings. The average Bonchev–Trinajstić information content (AvgIpc) is 2.74. The van der Waals surface area contributed by atoms with Crippen molar-refractivity contribution in [3.63, 3.8) is 0 Å². The minimum absolute atomic E-state index is 0.838. The quantitative estimate of drug-likeness (QED) is 0.513. The molecule has 3 aliphatic carbocycles. The predicted octanol–water partition coefficient (Wildman–Crippen LogP) is 8.18. The summed E-state index contributed by atoms with van der Waals surface area (Å²) in [5.74, 6) is 2.62. The number of rotatable bonds is 4. The molecule has 0 aliphatic heterocycles. The zero-order chi connectivity index (χ0) is 17.6. The fraction of sp³-hybridized carbons (Fsp3) is 0.692. The lowest BCUT2D eigenvalue weighted by Crippen LogP contribution is -2.23. The van der Waals surface area contributed by atoms with Crippen molar-refractivity contribution in [3.05, 3.63) is 41.5 Å². The van der Waals surface area contributed by atoms with Gasteiger partial charge in [-0.25, -0.2) is 0 Å². The van der Waals surface area contributed by atoms with E-state index < -0.39 is 0 Å². The average molecular weight is 351 g/mol. The van der Waals surface area contributed by atoms with Crippen molar-refractivity contribution in [2.45, 2.75) is 96.3 Å². The van der Waals surface area contributed by atoms with Crippen LogP contribution in [0.3, 0.4) is 0 Å². The van der Waals surface area contributed by atoms with E-state index in [0.29, 0.717) is 0 Å². The molecule has 0 nitrogen and oxygen atoms in total. The normalized spacial score (nSPS) is 23.7. The molecule has 0 radical (unpaired) electrons. The van der Waals surface area contributed by atoms with Crippen LogP contribution in [0.5, 0.6) is 0 Å². The summed E-state index contributed by atoms with van der Waals surface area (Å²) in [5, 5.41) is 0. The minimum atomic E-state index is 0.838. The Morgan fingerprint density at radius 1 is 0.500 bits per heavy atom. The maximum atomic E-state index is 2.43. The Bertz CT molecular complexity index is 543. The summed E-state index contributed by atoms with van der Waals surface area (Å²) in [6.07, 6.45) is 21.9. The molecule has 0 heteroatoms. The highest BCUT2D eigenvalue weighted by molar-refractivity contribution is 5.71. The van der Waals surface area contributed by atoms with Crippen LogP contribution >= 0.6 is 0 Å². The fourth-order valence-electron chi connectivity index (χ4n) is 6.25. The highest BCUT2D eigenvalue weighted by Gasteiger charge is 2.32. The Balaban J connectivity index is 1.78. The lowest BCUT2D eigenvalue weighted by atomic mass is 9.67. The van der Waals surface area contributed by atoms with Gasteiger partial charge in [-0.3, -0.25) is 0 Å². The van der Waals surface area contributed by atoms with Crippen LogP contribution < -0.4 is 0 Å². The molecule has 0 N–H and O–H groups in total. The van der Waals surface area contributed by atoms with Crippen molar-refractivity contribution in [2.24, 2.45) is 17.8 Å². The van der Waals surface area contributed by atoms with Gasteiger partial charge >= 0.3 is 0 Å². The molecule has 26 heavy (non-hydrogen) atoms. The van der Waals surface area contributed by atoms with E-state index in [0.717, 1.165) is 17.8 Å². The van der Waals surface area contributed by atoms with Gasteiger partial charge in [-0.15, -0.1) is 0 Å². The first-order valence-electron chi connectivity index (χ1n) is 11.7. The first-order valence-corrected chi connectivity index (χ1v) is 11.7. The van der Waals surface area contributed by atoms with Crippen molar-refractivity contribution < 1.29 is 0 Å². The Hall–Kier alpha value is -1.04. The second-order valence-corrected chi connectivity index (χ2v) is 9.24. The second kappa shape index (κ2) is 9.25. The van der Waals surface area contributed by atoms with Crippen LogP contribution in [0.15, 0.2) is 35.9 Å². The molecule has 1 aromatic rings. The molecule has 0 unspecified atom stereocenters. The number of hydrogen-bond donors (Lipinski definition) is 0. The Kier molecular flexibility index (Phi) is 6.52. The third-order valence-corrected chi connectivity index (χ3v) is 7.50. The third kappa shape index (κ3) is 4.26. The summed E-state index contributed by atoms with van der Waals surface area (Å²) in [5.41, 5.74) is 5.37. The fourth-order valence-corrected chi connectivity index (χ4v) is 6.25. The lowest BCUT2D eigenvalue weighted by Gasteiger charge is -2.38. The summed E-state index contributed by atoms with van der Waals surface area (Å²) in [6, 6.07) is 11.6. The van der Waals surface area contributed by atoms with Crippen molar-refractivity contribution in [1.82, 2.24) is 0 Å². The van der Waals surface area contributed by atoms with E-state index in [1.807, 2.05) is 11.1 Å². The molecule has 3 fully saturated rings. The van der Waals surface area contributed by atoms with Gasteiger partial charge in [0.1, 0.15) is 0 Å². The van der Waals surface area contributed by atoms with Crippen molar-refractivity contribution in [2.75, 3.05) is 0 Å². The molecular formula is C26H38. The van der Waals surface area contributed by atoms with E-state index >= 15 is 0 Å². The van der Waals surface area contributed by atoms with Crippen LogP contribution in [0.25, 0.3) is 5.57 Å². The van der Waals surface area contributed by atoms with Crippen molar-refractivity contribution in [3.8, 4) is 0 Å². The van der Waals surface area contributed by atoms with Gasteiger partial charge < -0.3 is 0 Å². The molecule has 1 aromatic carbocycles. The van der Waals surface area contributed by atoms with Crippen LogP contribution in [0.4, 0.5) is 0 Å². The van der Waals surface area contributed by atoms with Gasteiger partial charge in [0.05, 0.1) is 0 Å². The zero-order valence-corrected chi connectivity index (χ0v) is 16.7. The molecule has 0 atom stereocenters. The van der Waals surface area contributed by atoms with Crippen LogP contribution in [0.1, 0.15) is 102 Å². The number of benzene rings is 1. The van der Waals surface area contributed by atoms with Crippen LogP contribution in [0.2, 0.25) is 0 Å². The zero-order valence-electron chi connectivity index (χ0n) is 16.7. The van der Waals surface area contributed by atoms with Crippen LogP contribution in [0, 0.1) is 17.8 Å². The van der Waals surface area contributed by atoms with Crippen LogP contribution in [-0.4, -0.2) is 0 Å². The first-order chi connectivity index (χ1) is 12.9. The molecule has 0 spiro atoms. The highest BCUT2D eigenvalue weighted by atomic mass is 14.4. The highest BCUT2D eigenvalue weighted by Crippen LogP contribution is 2.47. The summed E-state index contributed by atoms with van der Waals surface area (Å²) in [6.45, 7) is 0. The smallest absolute Gasteiger partial charge is 0.0156 e. The summed E-state index contributed by atoms with van der Waals surface area (Å²) >= 11 is 0. The molecule has 0 aromatic heterocycles. The molecule has 4 rings (SSSR count). The monoisotopic (exact) mass is 350 g/mol. The maximum Gasteiger partial charge on any atom is -0.0156 e. The van der Waals surface area contributed by atoms with Crippen molar-refractivity contribution in [1.29, 1.82) is 0 Å². The van der Waals surface area contributed by atoms with E-state index in [4.69, 9.17) is 0 Å². The molecule has 0 bridgehead atoms. The SMILES string of the molecule is c1ccc(C(=C(C2CCCCC2)C2CCCCC2)C2CCCCC2)cc1. The Morgan fingerprint density at radius 3 is 1.38 bits per heavy atom. The topological polar surface area (TPSA) is 0 Å². The molecule has 3 saturated carbocycles. The third-order valence-electron chi connectivity index (χ3n) is 7.50. The molecule has 0 saturated heterocycles.